The number of fused-ring (bicyclic) bond motifs is 1. The number of hydrogen-bond acceptors (Lipinski definition) is 5. The van der Waals surface area contributed by atoms with Gasteiger partial charge in [0.25, 0.3) is 5.56 Å². The second kappa shape index (κ2) is 7.59. The average Bonchev–Trinajstić information content (AvgIpc) is 2.53. The SMILES string of the molecule is CCn1c(SCC(=O)NC(C)C(C)C)nc2ncccc2c1=O. The van der Waals surface area contributed by atoms with Crippen molar-refractivity contribution >= 4 is 28.7 Å². The number of hydrogen-bond donors (Lipinski definition) is 1. The Morgan fingerprint density at radius 1 is 1.39 bits per heavy atom. The molecule has 0 spiro atoms. The van der Waals surface area contributed by atoms with Crippen molar-refractivity contribution in [3.8, 4) is 0 Å². The van der Waals surface area contributed by atoms with E-state index in [0.29, 0.717) is 28.7 Å². The van der Waals surface area contributed by atoms with Gasteiger partial charge in [0.15, 0.2) is 10.8 Å². The van der Waals surface area contributed by atoms with Crippen LogP contribution in [-0.2, 0) is 11.3 Å². The van der Waals surface area contributed by atoms with E-state index in [-0.39, 0.29) is 23.3 Å². The molecule has 0 fully saturated rings. The molecule has 7 heteroatoms. The van der Waals surface area contributed by atoms with Gasteiger partial charge in [0.05, 0.1) is 11.1 Å². The van der Waals surface area contributed by atoms with Crippen molar-refractivity contribution in [3.05, 3.63) is 28.7 Å². The maximum atomic E-state index is 12.5. The van der Waals surface area contributed by atoms with E-state index in [2.05, 4.69) is 29.1 Å². The van der Waals surface area contributed by atoms with E-state index in [9.17, 15) is 9.59 Å². The summed E-state index contributed by atoms with van der Waals surface area (Å²) in [6.07, 6.45) is 1.61. The summed E-state index contributed by atoms with van der Waals surface area (Å²) >= 11 is 1.26. The third-order valence-electron chi connectivity index (χ3n) is 3.73. The van der Waals surface area contributed by atoms with Gasteiger partial charge >= 0.3 is 0 Å². The van der Waals surface area contributed by atoms with Crippen LogP contribution in [0.5, 0.6) is 0 Å². The van der Waals surface area contributed by atoms with E-state index in [4.69, 9.17) is 0 Å². The van der Waals surface area contributed by atoms with Crippen molar-refractivity contribution in [2.24, 2.45) is 5.92 Å². The number of thioether (sulfide) groups is 1. The first-order valence-electron chi connectivity index (χ1n) is 7.71. The second-order valence-corrected chi connectivity index (χ2v) is 6.65. The Bertz CT molecular complexity index is 757. The summed E-state index contributed by atoms with van der Waals surface area (Å²) < 4.78 is 1.58. The lowest BCUT2D eigenvalue weighted by Crippen LogP contribution is -2.37. The summed E-state index contributed by atoms with van der Waals surface area (Å²) in [5.74, 6) is 0.539. The lowest BCUT2D eigenvalue weighted by Gasteiger charge is -2.17. The highest BCUT2D eigenvalue weighted by Gasteiger charge is 2.14. The Kier molecular flexibility index (Phi) is 5.76. The number of nitrogens with one attached hydrogen (secondary N) is 1. The van der Waals surface area contributed by atoms with Crippen LogP contribution in [0.25, 0.3) is 11.0 Å². The fourth-order valence-electron chi connectivity index (χ4n) is 2.02. The molecule has 0 saturated heterocycles. The van der Waals surface area contributed by atoms with Crippen LogP contribution in [0.4, 0.5) is 0 Å². The minimum Gasteiger partial charge on any atom is -0.353 e. The molecule has 2 aromatic rings. The van der Waals surface area contributed by atoms with Crippen LogP contribution in [0.1, 0.15) is 27.7 Å². The zero-order valence-electron chi connectivity index (χ0n) is 13.9. The summed E-state index contributed by atoms with van der Waals surface area (Å²) in [4.78, 5) is 33.0. The Hall–Kier alpha value is -1.89. The summed E-state index contributed by atoms with van der Waals surface area (Å²) in [6, 6.07) is 3.55. The van der Waals surface area contributed by atoms with Gasteiger partial charge in [0, 0.05) is 18.8 Å². The molecule has 1 amide bonds. The van der Waals surface area contributed by atoms with Crippen molar-refractivity contribution in [3.63, 3.8) is 0 Å². The van der Waals surface area contributed by atoms with Crippen molar-refractivity contribution in [2.75, 3.05) is 5.75 Å². The summed E-state index contributed by atoms with van der Waals surface area (Å²) in [5.41, 5.74) is 0.296. The lowest BCUT2D eigenvalue weighted by atomic mass is 10.1. The summed E-state index contributed by atoms with van der Waals surface area (Å²) in [6.45, 7) is 8.49. The first-order valence-corrected chi connectivity index (χ1v) is 8.70. The van der Waals surface area contributed by atoms with E-state index < -0.39 is 0 Å². The molecule has 2 heterocycles. The average molecular weight is 334 g/mol. The monoisotopic (exact) mass is 334 g/mol. The van der Waals surface area contributed by atoms with E-state index in [1.54, 1.807) is 22.9 Å². The van der Waals surface area contributed by atoms with Gasteiger partial charge in [-0.3, -0.25) is 14.2 Å². The fraction of sp³-hybridized carbons (Fsp3) is 0.500. The highest BCUT2D eigenvalue weighted by atomic mass is 32.2. The summed E-state index contributed by atoms with van der Waals surface area (Å²) in [7, 11) is 0. The van der Waals surface area contributed by atoms with Crippen molar-refractivity contribution in [1.82, 2.24) is 19.9 Å². The van der Waals surface area contributed by atoms with E-state index in [1.165, 1.54) is 11.8 Å². The molecule has 0 aliphatic rings. The smallest absolute Gasteiger partial charge is 0.263 e. The molecular weight excluding hydrogens is 312 g/mol. The molecule has 2 rings (SSSR count). The van der Waals surface area contributed by atoms with Gasteiger partial charge in [-0.2, -0.15) is 0 Å². The Balaban J connectivity index is 2.20. The first kappa shape index (κ1) is 17.5. The minimum atomic E-state index is -0.121. The number of carbonyl (C=O) groups excluding carboxylic acids is 1. The molecule has 1 N–H and O–H groups in total. The second-order valence-electron chi connectivity index (χ2n) is 5.71. The largest absolute Gasteiger partial charge is 0.353 e. The normalized spacial score (nSPS) is 12.6. The standard InChI is InChI=1S/C16H22N4O2S/c1-5-20-15(22)12-7-6-8-17-14(12)19-16(20)23-9-13(21)18-11(4)10(2)3/h6-8,10-11H,5,9H2,1-4H3,(H,18,21). The van der Waals surface area contributed by atoms with Gasteiger partial charge in [-0.1, -0.05) is 25.6 Å². The number of nitrogens with zero attached hydrogens (tertiary/aromatic N) is 3. The molecular formula is C16H22N4O2S. The topological polar surface area (TPSA) is 76.9 Å². The predicted molar refractivity (Wildman–Crippen MR) is 92.6 cm³/mol. The van der Waals surface area contributed by atoms with Crippen molar-refractivity contribution in [2.45, 2.75) is 45.4 Å². The van der Waals surface area contributed by atoms with Crippen molar-refractivity contribution < 1.29 is 4.79 Å². The van der Waals surface area contributed by atoms with E-state index in [0.717, 1.165) is 0 Å². The molecule has 1 unspecified atom stereocenters. The molecule has 1 atom stereocenters. The third-order valence-corrected chi connectivity index (χ3v) is 4.71. The fourth-order valence-corrected chi connectivity index (χ4v) is 2.88. The molecule has 0 aliphatic carbocycles. The number of pyridine rings is 1. The molecule has 6 nitrogen and oxygen atoms in total. The molecule has 0 bridgehead atoms. The van der Waals surface area contributed by atoms with Crippen LogP contribution in [-0.4, -0.2) is 32.2 Å². The molecule has 0 saturated carbocycles. The Morgan fingerprint density at radius 3 is 2.78 bits per heavy atom. The van der Waals surface area contributed by atoms with Gasteiger partial charge in [-0.05, 0) is 31.9 Å². The van der Waals surface area contributed by atoms with Gasteiger partial charge in [-0.15, -0.1) is 0 Å². The number of carbonyl (C=O) groups is 1. The predicted octanol–water partition coefficient (Wildman–Crippen LogP) is 2.06. The van der Waals surface area contributed by atoms with Gasteiger partial charge in [0.2, 0.25) is 5.91 Å². The first-order chi connectivity index (χ1) is 10.9. The van der Waals surface area contributed by atoms with Crippen LogP contribution < -0.4 is 10.9 Å². The molecule has 124 valence electrons. The van der Waals surface area contributed by atoms with Crippen LogP contribution in [0.2, 0.25) is 0 Å². The van der Waals surface area contributed by atoms with Gasteiger partial charge < -0.3 is 5.32 Å². The molecule has 0 radical (unpaired) electrons. The van der Waals surface area contributed by atoms with E-state index >= 15 is 0 Å². The minimum absolute atomic E-state index is 0.0609. The van der Waals surface area contributed by atoms with Gasteiger partial charge in [-0.25, -0.2) is 9.97 Å². The van der Waals surface area contributed by atoms with Crippen LogP contribution in [0, 0.1) is 5.92 Å². The van der Waals surface area contributed by atoms with Crippen molar-refractivity contribution in [1.29, 1.82) is 0 Å². The lowest BCUT2D eigenvalue weighted by molar-refractivity contribution is -0.119. The molecule has 0 aliphatic heterocycles. The maximum absolute atomic E-state index is 12.5. The molecule has 0 aromatic carbocycles. The van der Waals surface area contributed by atoms with Gasteiger partial charge in [0.1, 0.15) is 0 Å². The molecule has 2 aromatic heterocycles. The number of rotatable bonds is 6. The zero-order chi connectivity index (χ0) is 17.0. The highest BCUT2D eigenvalue weighted by Crippen LogP contribution is 2.16. The Labute approximate surface area is 139 Å². The van der Waals surface area contributed by atoms with Crippen LogP contribution in [0.3, 0.4) is 0 Å². The quantitative estimate of drug-likeness (QED) is 0.646. The van der Waals surface area contributed by atoms with Crippen LogP contribution >= 0.6 is 11.8 Å². The number of aromatic nitrogens is 3. The van der Waals surface area contributed by atoms with E-state index in [1.807, 2.05) is 13.8 Å². The number of amides is 1. The third kappa shape index (κ3) is 4.10. The molecule has 23 heavy (non-hydrogen) atoms. The Morgan fingerprint density at radius 2 is 2.13 bits per heavy atom. The maximum Gasteiger partial charge on any atom is 0.263 e. The van der Waals surface area contributed by atoms with Crippen LogP contribution in [0.15, 0.2) is 28.3 Å². The highest BCUT2D eigenvalue weighted by molar-refractivity contribution is 7.99. The zero-order valence-corrected chi connectivity index (χ0v) is 14.7. The summed E-state index contributed by atoms with van der Waals surface area (Å²) in [5, 5.41) is 3.97.